The molecule has 0 amide bonds. The highest BCUT2D eigenvalue weighted by molar-refractivity contribution is 6.30. The van der Waals surface area contributed by atoms with Crippen LogP contribution in [0, 0.1) is 17.0 Å². The van der Waals surface area contributed by atoms with Gasteiger partial charge in [0, 0.05) is 34.3 Å². The lowest BCUT2D eigenvalue weighted by Gasteiger charge is -2.14. The predicted molar refractivity (Wildman–Crippen MR) is 124 cm³/mol. The van der Waals surface area contributed by atoms with Crippen LogP contribution in [-0.2, 0) is 19.4 Å². The second-order valence-electron chi connectivity index (χ2n) is 9.10. The molecule has 0 aliphatic heterocycles. The number of ether oxygens (including phenoxy) is 1. The van der Waals surface area contributed by atoms with E-state index >= 15 is 0 Å². The van der Waals surface area contributed by atoms with Crippen LogP contribution in [0.5, 0.6) is 5.75 Å². The molecule has 170 valence electrons. The second-order valence-corrected chi connectivity index (χ2v) is 9.46. The van der Waals surface area contributed by atoms with Gasteiger partial charge < -0.3 is 4.74 Å². The van der Waals surface area contributed by atoms with Crippen LogP contribution >= 0.6 is 11.6 Å². The molecule has 5 rings (SSSR count). The highest BCUT2D eigenvalue weighted by atomic mass is 35.5. The zero-order chi connectivity index (χ0) is 23.3. The van der Waals surface area contributed by atoms with E-state index in [1.807, 2.05) is 24.3 Å². The summed E-state index contributed by atoms with van der Waals surface area (Å²) in [5.74, 6) is -0.789. The Bertz CT molecular complexity index is 1360. The van der Waals surface area contributed by atoms with Gasteiger partial charge in [-0.25, -0.2) is 18.7 Å². The number of benzene rings is 2. The molecule has 4 aromatic rings. The number of para-hydroxylation sites is 1. The van der Waals surface area contributed by atoms with Crippen LogP contribution in [0.3, 0.4) is 0 Å². The van der Waals surface area contributed by atoms with Gasteiger partial charge in [0.2, 0.25) is 0 Å². The van der Waals surface area contributed by atoms with Crippen molar-refractivity contribution in [3.63, 3.8) is 0 Å². The smallest absolute Gasteiger partial charge is 0.182 e. The minimum Gasteiger partial charge on any atom is -0.494 e. The quantitative estimate of drug-likeness (QED) is 0.337. The molecule has 0 bridgehead atoms. The first-order valence-corrected chi connectivity index (χ1v) is 11.3. The van der Waals surface area contributed by atoms with E-state index in [2.05, 4.69) is 23.9 Å². The van der Waals surface area contributed by atoms with Crippen LogP contribution in [0.25, 0.3) is 22.4 Å². The van der Waals surface area contributed by atoms with E-state index in [0.29, 0.717) is 23.3 Å². The van der Waals surface area contributed by atoms with Crippen molar-refractivity contribution in [1.82, 2.24) is 19.7 Å². The molecule has 1 aliphatic carbocycles. The summed E-state index contributed by atoms with van der Waals surface area (Å²) < 4.78 is 36.3. The van der Waals surface area contributed by atoms with Gasteiger partial charge in [0.05, 0.1) is 18.7 Å². The minimum atomic E-state index is -0.682. The number of fused-ring (bicyclic) bond motifs is 2. The normalized spacial score (nSPS) is 14.6. The maximum atomic E-state index is 14.7. The molecule has 0 N–H and O–H groups in total. The third-order valence-electron chi connectivity index (χ3n) is 5.95. The molecule has 0 saturated carbocycles. The molecular formula is C25H23ClF2N4O. The van der Waals surface area contributed by atoms with Crippen LogP contribution in [-0.4, -0.2) is 26.4 Å². The van der Waals surface area contributed by atoms with E-state index < -0.39 is 11.6 Å². The Morgan fingerprint density at radius 3 is 2.55 bits per heavy atom. The summed E-state index contributed by atoms with van der Waals surface area (Å²) in [4.78, 5) is 9.31. The minimum absolute atomic E-state index is 0.0728. The van der Waals surface area contributed by atoms with Crippen molar-refractivity contribution < 1.29 is 13.5 Å². The molecule has 0 spiro atoms. The summed E-state index contributed by atoms with van der Waals surface area (Å²) in [5, 5.41) is 5.89. The standard InChI is InChI=1S/C25H23ClF2N4O/c1-4-33-14-9-18(27)17(19(28)10-14)13-32-21-8-6-5-7-15(21)22(31-32)24-29-20-12-25(2,3)11-16(20)23(26)30-24/h5-10H,4,11-13H2,1-3H3. The maximum absolute atomic E-state index is 14.7. The Morgan fingerprint density at radius 2 is 1.82 bits per heavy atom. The van der Waals surface area contributed by atoms with E-state index in [9.17, 15) is 8.78 Å². The third-order valence-corrected chi connectivity index (χ3v) is 6.26. The summed E-state index contributed by atoms with van der Waals surface area (Å²) in [7, 11) is 0. The molecular weight excluding hydrogens is 446 g/mol. The van der Waals surface area contributed by atoms with E-state index in [1.54, 1.807) is 11.6 Å². The fraction of sp³-hybridized carbons (Fsp3) is 0.320. The Balaban J connectivity index is 1.59. The molecule has 0 atom stereocenters. The lowest BCUT2D eigenvalue weighted by molar-refractivity contribution is 0.335. The molecule has 33 heavy (non-hydrogen) atoms. The van der Waals surface area contributed by atoms with Crippen LogP contribution in [0.1, 0.15) is 37.6 Å². The second kappa shape index (κ2) is 8.06. The van der Waals surface area contributed by atoms with Crippen molar-refractivity contribution in [3.05, 3.63) is 70.0 Å². The molecule has 0 radical (unpaired) electrons. The Labute approximate surface area is 195 Å². The molecule has 0 unspecified atom stereocenters. The average molecular weight is 469 g/mol. The summed E-state index contributed by atoms with van der Waals surface area (Å²) >= 11 is 6.53. The number of rotatable bonds is 5. The zero-order valence-corrected chi connectivity index (χ0v) is 19.4. The van der Waals surface area contributed by atoms with E-state index in [-0.39, 0.29) is 23.3 Å². The lowest BCUT2D eigenvalue weighted by Crippen LogP contribution is -2.09. The highest BCUT2D eigenvalue weighted by Crippen LogP contribution is 2.39. The Kier molecular flexibility index (Phi) is 5.32. The molecule has 2 aromatic carbocycles. The van der Waals surface area contributed by atoms with Gasteiger partial charge in [-0.3, -0.25) is 4.68 Å². The van der Waals surface area contributed by atoms with Gasteiger partial charge in [0.15, 0.2) is 5.82 Å². The molecule has 0 fully saturated rings. The molecule has 8 heteroatoms. The van der Waals surface area contributed by atoms with Crippen LogP contribution in [0.4, 0.5) is 8.78 Å². The van der Waals surface area contributed by atoms with Gasteiger partial charge in [-0.1, -0.05) is 43.6 Å². The summed E-state index contributed by atoms with van der Waals surface area (Å²) in [6, 6.07) is 9.88. The lowest BCUT2D eigenvalue weighted by atomic mass is 9.91. The SMILES string of the molecule is CCOc1cc(F)c(Cn2nc(-c3nc(Cl)c4c(n3)CC(C)(C)C4)c3ccccc32)c(F)c1. The molecule has 2 heterocycles. The van der Waals surface area contributed by atoms with Crippen molar-refractivity contribution in [3.8, 4) is 17.3 Å². The van der Waals surface area contributed by atoms with Gasteiger partial charge >= 0.3 is 0 Å². The molecule has 1 aliphatic rings. The molecule has 2 aromatic heterocycles. The molecule has 5 nitrogen and oxygen atoms in total. The van der Waals surface area contributed by atoms with Crippen LogP contribution < -0.4 is 4.74 Å². The van der Waals surface area contributed by atoms with Crippen molar-refractivity contribution in [1.29, 1.82) is 0 Å². The van der Waals surface area contributed by atoms with E-state index in [1.165, 1.54) is 12.1 Å². The van der Waals surface area contributed by atoms with Crippen molar-refractivity contribution in [2.75, 3.05) is 6.61 Å². The number of halogens is 3. The van der Waals surface area contributed by atoms with Gasteiger partial charge in [-0.05, 0) is 31.2 Å². The number of nitrogens with zero attached hydrogens (tertiary/aromatic N) is 4. The maximum Gasteiger partial charge on any atom is 0.182 e. The van der Waals surface area contributed by atoms with E-state index in [0.717, 1.165) is 35.0 Å². The van der Waals surface area contributed by atoms with Crippen molar-refractivity contribution >= 4 is 22.5 Å². The van der Waals surface area contributed by atoms with Crippen LogP contribution in [0.2, 0.25) is 5.15 Å². The van der Waals surface area contributed by atoms with Crippen molar-refractivity contribution in [2.24, 2.45) is 5.41 Å². The molecule has 0 saturated heterocycles. The number of hydrogen-bond acceptors (Lipinski definition) is 4. The monoisotopic (exact) mass is 468 g/mol. The summed E-state index contributed by atoms with van der Waals surface area (Å²) in [6.45, 7) is 6.35. The highest BCUT2D eigenvalue weighted by Gasteiger charge is 2.33. The van der Waals surface area contributed by atoms with Gasteiger partial charge in [-0.15, -0.1) is 0 Å². The van der Waals surface area contributed by atoms with E-state index in [4.69, 9.17) is 21.3 Å². The topological polar surface area (TPSA) is 52.8 Å². The number of aromatic nitrogens is 4. The fourth-order valence-electron chi connectivity index (χ4n) is 4.46. The van der Waals surface area contributed by atoms with Gasteiger partial charge in [0.1, 0.15) is 28.2 Å². The van der Waals surface area contributed by atoms with Gasteiger partial charge in [-0.2, -0.15) is 5.10 Å². The Morgan fingerprint density at radius 1 is 1.09 bits per heavy atom. The average Bonchev–Trinajstić information content (AvgIpc) is 3.27. The largest absolute Gasteiger partial charge is 0.494 e. The third kappa shape index (κ3) is 3.95. The first kappa shape index (κ1) is 21.8. The first-order valence-electron chi connectivity index (χ1n) is 10.9. The zero-order valence-electron chi connectivity index (χ0n) is 18.6. The van der Waals surface area contributed by atoms with Crippen LogP contribution in [0.15, 0.2) is 36.4 Å². The fourth-order valence-corrected chi connectivity index (χ4v) is 4.72. The Hall–Kier alpha value is -3.06. The van der Waals surface area contributed by atoms with Gasteiger partial charge in [0.25, 0.3) is 0 Å². The summed E-state index contributed by atoms with van der Waals surface area (Å²) in [6.07, 6.45) is 1.63. The summed E-state index contributed by atoms with van der Waals surface area (Å²) in [5.41, 5.74) is 3.15. The van der Waals surface area contributed by atoms with Crippen molar-refractivity contribution in [2.45, 2.75) is 40.2 Å². The first-order chi connectivity index (χ1) is 15.8. The predicted octanol–water partition coefficient (Wildman–Crippen LogP) is 6.00. The number of hydrogen-bond donors (Lipinski definition) is 0.